The minimum absolute atomic E-state index is 0.177. The van der Waals surface area contributed by atoms with Gasteiger partial charge in [0.1, 0.15) is 11.6 Å². The third-order valence-electron chi connectivity index (χ3n) is 2.89. The fraction of sp³-hybridized carbons (Fsp3) is 0.214. The van der Waals surface area contributed by atoms with Crippen molar-refractivity contribution < 1.29 is 9.90 Å². The van der Waals surface area contributed by atoms with Crippen molar-refractivity contribution in [1.82, 2.24) is 15.3 Å². The average Bonchev–Trinajstić information content (AvgIpc) is 2.43. The highest BCUT2D eigenvalue weighted by Gasteiger charge is 2.16. The van der Waals surface area contributed by atoms with Crippen molar-refractivity contribution in [1.29, 1.82) is 0 Å². The molecule has 0 saturated heterocycles. The Morgan fingerprint density at radius 1 is 1.14 bits per heavy atom. The normalized spacial score (nSPS) is 12.0. The van der Waals surface area contributed by atoms with Crippen LogP contribution in [0.2, 0.25) is 0 Å². The zero-order valence-electron chi connectivity index (χ0n) is 11.4. The van der Waals surface area contributed by atoms with E-state index in [1.807, 2.05) is 6.07 Å². The van der Waals surface area contributed by atoms with Crippen molar-refractivity contribution in [3.05, 3.63) is 47.8 Å². The van der Waals surface area contributed by atoms with Gasteiger partial charge in [-0.15, -0.1) is 0 Å². The first kappa shape index (κ1) is 14.7. The van der Waals surface area contributed by atoms with Gasteiger partial charge in [0, 0.05) is 12.1 Å². The summed E-state index contributed by atoms with van der Waals surface area (Å²) in [5.41, 5.74) is 12.8. The lowest BCUT2D eigenvalue weighted by atomic mass is 10.1. The number of pyridine rings is 2. The van der Waals surface area contributed by atoms with Crippen LogP contribution in [0.3, 0.4) is 0 Å². The molecule has 0 bridgehead atoms. The van der Waals surface area contributed by atoms with E-state index in [9.17, 15) is 4.79 Å². The van der Waals surface area contributed by atoms with Crippen LogP contribution in [0.25, 0.3) is 0 Å². The third-order valence-corrected chi connectivity index (χ3v) is 2.89. The molecular formula is C14H17N5O2. The molecule has 0 radical (unpaired) electrons. The molecule has 0 aromatic carbocycles. The maximum Gasteiger partial charge on any atom is 0.317 e. The summed E-state index contributed by atoms with van der Waals surface area (Å²) in [5.74, 6) is -0.135. The number of hydrogen-bond acceptors (Lipinski definition) is 6. The molecule has 0 amide bonds. The van der Waals surface area contributed by atoms with Crippen molar-refractivity contribution in [2.24, 2.45) is 0 Å². The average molecular weight is 287 g/mol. The number of nitrogens with two attached hydrogens (primary N) is 2. The molecular weight excluding hydrogens is 270 g/mol. The Bertz CT molecular complexity index is 632. The smallest absolute Gasteiger partial charge is 0.317 e. The second-order valence-electron chi connectivity index (χ2n) is 4.57. The molecule has 1 atom stereocenters. The number of nitrogen functional groups attached to an aromatic ring is 2. The van der Waals surface area contributed by atoms with Gasteiger partial charge in [0.2, 0.25) is 0 Å². The molecule has 0 aliphatic carbocycles. The minimum Gasteiger partial charge on any atom is -0.480 e. The van der Waals surface area contributed by atoms with Crippen molar-refractivity contribution in [3.8, 4) is 0 Å². The molecule has 2 aromatic rings. The van der Waals surface area contributed by atoms with Gasteiger partial charge in [-0.2, -0.15) is 0 Å². The highest BCUT2D eigenvalue weighted by atomic mass is 16.4. The SMILES string of the molecule is Nc1cccc(CC(NCC(=O)O)c2cccc(N)n2)n1. The Balaban J connectivity index is 2.21. The van der Waals surface area contributed by atoms with Crippen LogP contribution in [0.1, 0.15) is 17.4 Å². The molecule has 7 heteroatoms. The van der Waals surface area contributed by atoms with Crippen molar-refractivity contribution in [2.45, 2.75) is 12.5 Å². The maximum absolute atomic E-state index is 10.8. The number of rotatable bonds is 6. The zero-order valence-corrected chi connectivity index (χ0v) is 11.4. The van der Waals surface area contributed by atoms with E-state index in [0.29, 0.717) is 23.8 Å². The molecule has 0 aliphatic rings. The van der Waals surface area contributed by atoms with Crippen LogP contribution in [0.4, 0.5) is 11.6 Å². The lowest BCUT2D eigenvalue weighted by Gasteiger charge is -2.17. The number of aliphatic carboxylic acids is 1. The van der Waals surface area contributed by atoms with E-state index < -0.39 is 5.97 Å². The highest BCUT2D eigenvalue weighted by molar-refractivity contribution is 5.69. The summed E-state index contributed by atoms with van der Waals surface area (Å²) in [5, 5.41) is 11.8. The lowest BCUT2D eigenvalue weighted by Crippen LogP contribution is -2.29. The van der Waals surface area contributed by atoms with Crippen LogP contribution in [0.15, 0.2) is 36.4 Å². The predicted octanol–water partition coefficient (Wildman–Crippen LogP) is 0.599. The van der Waals surface area contributed by atoms with E-state index in [1.165, 1.54) is 0 Å². The van der Waals surface area contributed by atoms with Crippen LogP contribution in [-0.4, -0.2) is 27.6 Å². The van der Waals surface area contributed by atoms with E-state index in [2.05, 4.69) is 15.3 Å². The number of hydrogen-bond donors (Lipinski definition) is 4. The van der Waals surface area contributed by atoms with Gasteiger partial charge in [0.15, 0.2) is 0 Å². The first-order valence-corrected chi connectivity index (χ1v) is 6.43. The van der Waals surface area contributed by atoms with Gasteiger partial charge in [-0.05, 0) is 24.3 Å². The number of carbonyl (C=O) groups is 1. The first-order valence-electron chi connectivity index (χ1n) is 6.43. The summed E-state index contributed by atoms with van der Waals surface area (Å²) in [6, 6.07) is 10.3. The molecule has 2 rings (SSSR count). The minimum atomic E-state index is -0.940. The van der Waals surface area contributed by atoms with Crippen LogP contribution in [-0.2, 0) is 11.2 Å². The molecule has 7 nitrogen and oxygen atoms in total. The first-order chi connectivity index (χ1) is 10.0. The second kappa shape index (κ2) is 6.67. The topological polar surface area (TPSA) is 127 Å². The van der Waals surface area contributed by atoms with Crippen molar-refractivity contribution >= 4 is 17.6 Å². The Hall–Kier alpha value is -2.67. The number of aromatic nitrogens is 2. The van der Waals surface area contributed by atoms with Crippen LogP contribution in [0, 0.1) is 0 Å². The molecule has 0 saturated carbocycles. The van der Waals surface area contributed by atoms with Gasteiger partial charge < -0.3 is 16.6 Å². The van der Waals surface area contributed by atoms with Crippen molar-refractivity contribution in [3.63, 3.8) is 0 Å². The predicted molar refractivity (Wildman–Crippen MR) is 79.4 cm³/mol. The number of nitrogens with one attached hydrogen (secondary N) is 1. The standard InChI is InChI=1S/C14H17N5O2/c15-12-5-1-3-9(18-12)7-11(17-8-14(20)21)10-4-2-6-13(16)19-10/h1-6,11,17H,7-8H2,(H2,15,18)(H2,16,19)(H,20,21). The van der Waals surface area contributed by atoms with Gasteiger partial charge >= 0.3 is 5.97 Å². The van der Waals surface area contributed by atoms with Gasteiger partial charge in [0.25, 0.3) is 0 Å². The summed E-state index contributed by atoms with van der Waals surface area (Å²) in [4.78, 5) is 19.2. The van der Waals surface area contributed by atoms with Crippen LogP contribution in [0.5, 0.6) is 0 Å². The number of carboxylic acids is 1. The maximum atomic E-state index is 10.8. The molecule has 2 aromatic heterocycles. The molecule has 0 fully saturated rings. The van der Waals surface area contributed by atoms with Gasteiger partial charge in [-0.3, -0.25) is 10.1 Å². The summed E-state index contributed by atoms with van der Waals surface area (Å²) >= 11 is 0. The van der Waals surface area contributed by atoms with Gasteiger partial charge in [-0.1, -0.05) is 12.1 Å². The fourth-order valence-corrected chi connectivity index (χ4v) is 1.98. The fourth-order valence-electron chi connectivity index (χ4n) is 1.98. The molecule has 21 heavy (non-hydrogen) atoms. The van der Waals surface area contributed by atoms with E-state index in [4.69, 9.17) is 16.6 Å². The summed E-state index contributed by atoms with van der Waals surface area (Å²) in [6.45, 7) is -0.177. The Morgan fingerprint density at radius 2 is 1.81 bits per heavy atom. The monoisotopic (exact) mass is 287 g/mol. The number of anilines is 2. The molecule has 0 spiro atoms. The summed E-state index contributed by atoms with van der Waals surface area (Å²) in [7, 11) is 0. The molecule has 1 unspecified atom stereocenters. The van der Waals surface area contributed by atoms with Crippen molar-refractivity contribution in [2.75, 3.05) is 18.0 Å². The Labute approximate surface area is 122 Å². The van der Waals surface area contributed by atoms with Crippen LogP contribution >= 0.6 is 0 Å². The van der Waals surface area contributed by atoms with Crippen LogP contribution < -0.4 is 16.8 Å². The Morgan fingerprint density at radius 3 is 2.43 bits per heavy atom. The van der Waals surface area contributed by atoms with E-state index >= 15 is 0 Å². The molecule has 110 valence electrons. The highest BCUT2D eigenvalue weighted by Crippen LogP contribution is 2.17. The third kappa shape index (κ3) is 4.43. The van der Waals surface area contributed by atoms with E-state index in [1.54, 1.807) is 30.3 Å². The second-order valence-corrected chi connectivity index (χ2v) is 4.57. The quantitative estimate of drug-likeness (QED) is 0.612. The zero-order chi connectivity index (χ0) is 15.2. The summed E-state index contributed by atoms with van der Waals surface area (Å²) < 4.78 is 0. The molecule has 6 N–H and O–H groups in total. The lowest BCUT2D eigenvalue weighted by molar-refractivity contribution is -0.136. The van der Waals surface area contributed by atoms with E-state index in [0.717, 1.165) is 5.69 Å². The van der Waals surface area contributed by atoms with Gasteiger partial charge in [0.05, 0.1) is 18.3 Å². The number of carboxylic acid groups (broad SMARTS) is 1. The van der Waals surface area contributed by atoms with E-state index in [-0.39, 0.29) is 12.6 Å². The van der Waals surface area contributed by atoms with Gasteiger partial charge in [-0.25, -0.2) is 9.97 Å². The molecule has 2 heterocycles. The number of nitrogens with zero attached hydrogens (tertiary/aromatic N) is 2. The molecule has 0 aliphatic heterocycles. The summed E-state index contributed by atoms with van der Waals surface area (Å²) in [6.07, 6.45) is 0.467. The largest absolute Gasteiger partial charge is 0.480 e. The Kier molecular flexibility index (Phi) is 4.68.